The van der Waals surface area contributed by atoms with E-state index in [2.05, 4.69) is 0 Å². The lowest BCUT2D eigenvalue weighted by Crippen LogP contribution is -2.62. The Morgan fingerprint density at radius 2 is 1.16 bits per heavy atom. The molecule has 2 aliphatic rings. The van der Waals surface area contributed by atoms with Gasteiger partial charge in [0.2, 0.25) is 5.79 Å². The summed E-state index contributed by atoms with van der Waals surface area (Å²) in [6.45, 7) is 0.683. The molecule has 0 aliphatic carbocycles. The summed E-state index contributed by atoms with van der Waals surface area (Å²) in [5, 5.41) is 62.6. The van der Waals surface area contributed by atoms with Crippen molar-refractivity contribution in [2.75, 3.05) is 19.8 Å². The predicted molar refractivity (Wildman–Crippen MR) is 143 cm³/mol. The lowest BCUT2D eigenvalue weighted by Gasteiger charge is -2.43. The summed E-state index contributed by atoms with van der Waals surface area (Å²) in [5.74, 6) is -2.53. The van der Waals surface area contributed by atoms with Crippen LogP contribution in [-0.4, -0.2) is 122 Å². The maximum atomic E-state index is 12.6. The minimum Gasteiger partial charge on any atom is -0.391 e. The van der Waals surface area contributed by atoms with Gasteiger partial charge in [0.05, 0.1) is 23.0 Å². The van der Waals surface area contributed by atoms with Crippen molar-refractivity contribution in [1.82, 2.24) is 0 Å². The number of aliphatic hydroxyl groups is 6. The molecule has 2 heterocycles. The average molecular weight is 651 g/mol. The van der Waals surface area contributed by atoms with Gasteiger partial charge >= 0.3 is 0 Å². The van der Waals surface area contributed by atoms with E-state index in [9.17, 15) is 47.5 Å². The quantitative estimate of drug-likeness (QED) is 0.145. The minimum absolute atomic E-state index is 0.181. The van der Waals surface area contributed by atoms with Gasteiger partial charge in [-0.15, -0.1) is 0 Å². The zero-order valence-electron chi connectivity index (χ0n) is 23.0. The number of aryl methyl sites for hydroxylation is 2. The predicted octanol–water partition coefficient (Wildman–Crippen LogP) is -1.95. The van der Waals surface area contributed by atoms with Gasteiger partial charge in [0, 0.05) is 0 Å². The third kappa shape index (κ3) is 7.25. The summed E-state index contributed by atoms with van der Waals surface area (Å²) in [6.07, 6.45) is -14.9. The first-order chi connectivity index (χ1) is 20.1. The number of benzene rings is 2. The van der Waals surface area contributed by atoms with Crippen LogP contribution in [0.3, 0.4) is 0 Å². The topological polar surface area (TPSA) is 236 Å². The molecular weight excluding hydrogens is 616 g/mol. The van der Waals surface area contributed by atoms with Gasteiger partial charge in [-0.2, -0.15) is 16.8 Å². The van der Waals surface area contributed by atoms with E-state index in [-0.39, 0.29) is 9.79 Å². The summed E-state index contributed by atoms with van der Waals surface area (Å²) in [5.41, 5.74) is 1.59. The van der Waals surface area contributed by atoms with Crippen LogP contribution in [0.5, 0.6) is 0 Å². The van der Waals surface area contributed by atoms with Crippen molar-refractivity contribution >= 4 is 20.2 Å². The standard InChI is InChI=1S/C26H34O15S2/c1-14-3-7-16(8-4-14)42(33,34)37-11-18-20(28)22(30)23(31)25(39-18)41-26(13-27)24(32)21(29)19(40-26)12-38-43(35,36)17-9-5-15(2)6-10-17/h3-10,18-25,27-32H,11-13H2,1-2H3/t18-,19-,20-,21-,22+,23-,24+,25-,26+/m1/s1. The number of hydrogen-bond donors (Lipinski definition) is 6. The third-order valence-corrected chi connectivity index (χ3v) is 9.70. The number of hydrogen-bond acceptors (Lipinski definition) is 15. The van der Waals surface area contributed by atoms with Gasteiger partial charge in [0.15, 0.2) is 6.29 Å². The lowest BCUT2D eigenvalue weighted by atomic mass is 9.99. The van der Waals surface area contributed by atoms with E-state index >= 15 is 0 Å². The van der Waals surface area contributed by atoms with Crippen LogP contribution < -0.4 is 0 Å². The molecule has 2 aromatic carbocycles. The van der Waals surface area contributed by atoms with Gasteiger partial charge in [-0.05, 0) is 38.1 Å². The van der Waals surface area contributed by atoms with Crippen LogP contribution in [0, 0.1) is 13.8 Å². The molecule has 0 bridgehead atoms. The molecule has 2 fully saturated rings. The Morgan fingerprint density at radius 1 is 0.698 bits per heavy atom. The maximum Gasteiger partial charge on any atom is 0.297 e. The van der Waals surface area contributed by atoms with Gasteiger partial charge in [0.1, 0.15) is 49.3 Å². The molecule has 240 valence electrons. The molecule has 0 unspecified atom stereocenters. The molecule has 0 aromatic heterocycles. The Morgan fingerprint density at radius 3 is 1.63 bits per heavy atom. The second kappa shape index (κ2) is 13.1. The molecule has 2 aromatic rings. The van der Waals surface area contributed by atoms with Crippen LogP contribution in [0.15, 0.2) is 58.3 Å². The van der Waals surface area contributed by atoms with Gasteiger partial charge in [0.25, 0.3) is 20.2 Å². The highest BCUT2D eigenvalue weighted by Crippen LogP contribution is 2.36. The van der Waals surface area contributed by atoms with E-state index in [0.717, 1.165) is 11.1 Å². The second-order valence-electron chi connectivity index (χ2n) is 10.3. The molecule has 2 aliphatic heterocycles. The van der Waals surface area contributed by atoms with Crippen molar-refractivity contribution in [3.05, 3.63) is 59.7 Å². The smallest absolute Gasteiger partial charge is 0.297 e. The van der Waals surface area contributed by atoms with Crippen LogP contribution in [0.2, 0.25) is 0 Å². The Hall–Kier alpha value is -2.10. The van der Waals surface area contributed by atoms with Crippen molar-refractivity contribution in [3.8, 4) is 0 Å². The second-order valence-corrected chi connectivity index (χ2v) is 13.5. The Bertz CT molecular complexity index is 1450. The molecular formula is C26H34O15S2. The SMILES string of the molecule is Cc1ccc(S(=O)(=O)OC[C@H]2O[C@@](CO)(O[C@H]3O[C@H](COS(=O)(=O)c4ccc(C)cc4)[C@@H](O)[C@H](O)[C@H]3O)[C@@H](O)[C@@H]2O)cc1. The first-order valence-electron chi connectivity index (χ1n) is 13.0. The molecule has 9 atom stereocenters. The van der Waals surface area contributed by atoms with E-state index < -0.39 is 94.9 Å². The summed E-state index contributed by atoms with van der Waals surface area (Å²) in [6, 6.07) is 11.4. The van der Waals surface area contributed by atoms with E-state index in [1.165, 1.54) is 36.4 Å². The van der Waals surface area contributed by atoms with Crippen molar-refractivity contribution in [1.29, 1.82) is 0 Å². The summed E-state index contributed by atoms with van der Waals surface area (Å²) in [7, 11) is -8.64. The van der Waals surface area contributed by atoms with E-state index in [1.807, 2.05) is 0 Å². The van der Waals surface area contributed by atoms with Crippen LogP contribution in [0.25, 0.3) is 0 Å². The fraction of sp³-hybridized carbons (Fsp3) is 0.538. The summed E-state index contributed by atoms with van der Waals surface area (Å²) < 4.78 is 76.6. The lowest BCUT2D eigenvalue weighted by molar-refractivity contribution is -0.383. The normalized spacial score (nSPS) is 33.5. The minimum atomic E-state index is -4.33. The van der Waals surface area contributed by atoms with Crippen LogP contribution in [0.1, 0.15) is 11.1 Å². The molecule has 6 N–H and O–H groups in total. The van der Waals surface area contributed by atoms with Crippen LogP contribution in [-0.2, 0) is 42.8 Å². The van der Waals surface area contributed by atoms with E-state index in [1.54, 1.807) is 26.0 Å². The molecule has 0 radical (unpaired) electrons. The maximum absolute atomic E-state index is 12.6. The van der Waals surface area contributed by atoms with Crippen molar-refractivity contribution in [2.45, 2.75) is 78.4 Å². The zero-order chi connectivity index (χ0) is 31.7. The number of ether oxygens (including phenoxy) is 3. The van der Waals surface area contributed by atoms with Crippen molar-refractivity contribution in [2.24, 2.45) is 0 Å². The van der Waals surface area contributed by atoms with Crippen LogP contribution >= 0.6 is 0 Å². The molecule has 43 heavy (non-hydrogen) atoms. The first kappa shape index (κ1) is 33.8. The van der Waals surface area contributed by atoms with Gasteiger partial charge in [-0.25, -0.2) is 0 Å². The monoisotopic (exact) mass is 650 g/mol. The molecule has 4 rings (SSSR count). The third-order valence-electron chi connectivity index (χ3n) is 7.10. The number of rotatable bonds is 11. The molecule has 15 nitrogen and oxygen atoms in total. The molecule has 0 amide bonds. The number of aliphatic hydroxyl groups excluding tert-OH is 6. The zero-order valence-corrected chi connectivity index (χ0v) is 24.7. The van der Waals surface area contributed by atoms with Crippen molar-refractivity contribution < 1.29 is 70.1 Å². The van der Waals surface area contributed by atoms with Gasteiger partial charge < -0.3 is 44.8 Å². The molecule has 2 saturated heterocycles. The van der Waals surface area contributed by atoms with E-state index in [4.69, 9.17) is 22.6 Å². The van der Waals surface area contributed by atoms with Crippen molar-refractivity contribution in [3.63, 3.8) is 0 Å². The highest BCUT2D eigenvalue weighted by Gasteiger charge is 2.58. The Kier molecular flexibility index (Phi) is 10.3. The fourth-order valence-corrected chi connectivity index (χ4v) is 6.30. The van der Waals surface area contributed by atoms with Gasteiger partial charge in [-0.1, -0.05) is 35.4 Å². The summed E-state index contributed by atoms with van der Waals surface area (Å²) >= 11 is 0. The van der Waals surface area contributed by atoms with E-state index in [0.29, 0.717) is 0 Å². The van der Waals surface area contributed by atoms with Crippen LogP contribution in [0.4, 0.5) is 0 Å². The highest BCUT2D eigenvalue weighted by molar-refractivity contribution is 7.87. The molecule has 17 heteroatoms. The van der Waals surface area contributed by atoms with Gasteiger partial charge in [-0.3, -0.25) is 8.37 Å². The molecule has 0 spiro atoms. The molecule has 0 saturated carbocycles. The summed E-state index contributed by atoms with van der Waals surface area (Å²) in [4.78, 5) is -0.370. The first-order valence-corrected chi connectivity index (χ1v) is 15.9. The highest BCUT2D eigenvalue weighted by atomic mass is 32.2. The average Bonchev–Trinajstić information content (AvgIpc) is 3.21. The fourth-order valence-electron chi connectivity index (χ4n) is 4.46. The Labute approximate surface area is 248 Å². The Balaban J connectivity index is 1.45. The largest absolute Gasteiger partial charge is 0.391 e.